The number of carbonyl (C=O) groups is 2. The Morgan fingerprint density at radius 2 is 1.58 bits per heavy atom. The third-order valence-electron chi connectivity index (χ3n) is 4.35. The topological polar surface area (TPSA) is 69.9 Å². The van der Waals surface area contributed by atoms with Crippen LogP contribution in [-0.2, 0) is 15.9 Å². The molecule has 0 bridgehead atoms. The average molecular weight is 352 g/mol. The van der Waals surface area contributed by atoms with Crippen molar-refractivity contribution in [3.8, 4) is 11.3 Å². The van der Waals surface area contributed by atoms with Gasteiger partial charge in [-0.3, -0.25) is 0 Å². The van der Waals surface area contributed by atoms with Gasteiger partial charge < -0.3 is 9.47 Å². The summed E-state index contributed by atoms with van der Waals surface area (Å²) in [7, 11) is 2.57. The maximum Gasteiger partial charge on any atom is 0.341 e. The van der Waals surface area contributed by atoms with E-state index in [2.05, 4.69) is 5.10 Å². The molecule has 6 heteroatoms. The highest BCUT2D eigenvalue weighted by Gasteiger charge is 2.29. The van der Waals surface area contributed by atoms with E-state index in [0.29, 0.717) is 17.6 Å². The van der Waals surface area contributed by atoms with Crippen LogP contribution in [0.4, 0.5) is 0 Å². The molecule has 0 aliphatic heterocycles. The molecule has 0 spiro atoms. The summed E-state index contributed by atoms with van der Waals surface area (Å²) in [5, 5.41) is 4.66. The zero-order valence-electron chi connectivity index (χ0n) is 15.2. The largest absolute Gasteiger partial charge is 0.465 e. The number of aryl methyl sites for hydroxylation is 2. The molecular formula is C20H20N2O4. The molecule has 0 aliphatic carbocycles. The van der Waals surface area contributed by atoms with Crippen molar-refractivity contribution in [1.29, 1.82) is 0 Å². The Balaban J connectivity index is 2.31. The minimum Gasteiger partial charge on any atom is -0.465 e. The van der Waals surface area contributed by atoms with Gasteiger partial charge in [0.1, 0.15) is 5.56 Å². The van der Waals surface area contributed by atoms with Crippen molar-refractivity contribution in [2.45, 2.75) is 20.3 Å². The molecule has 0 aliphatic rings. The van der Waals surface area contributed by atoms with E-state index in [4.69, 9.17) is 9.47 Å². The van der Waals surface area contributed by atoms with Gasteiger partial charge in [-0.15, -0.1) is 0 Å². The quantitative estimate of drug-likeness (QED) is 0.673. The molecule has 0 fully saturated rings. The lowest BCUT2D eigenvalue weighted by atomic mass is 10.1. The van der Waals surface area contributed by atoms with Gasteiger partial charge in [-0.2, -0.15) is 5.10 Å². The zero-order chi connectivity index (χ0) is 18.8. The number of rotatable bonds is 4. The van der Waals surface area contributed by atoms with Crippen LogP contribution in [0.25, 0.3) is 16.8 Å². The first-order valence-corrected chi connectivity index (χ1v) is 8.30. The van der Waals surface area contributed by atoms with E-state index in [1.165, 1.54) is 14.2 Å². The highest BCUT2D eigenvalue weighted by molar-refractivity contribution is 6.09. The summed E-state index contributed by atoms with van der Waals surface area (Å²) in [6, 6.07) is 11.6. The lowest BCUT2D eigenvalue weighted by Gasteiger charge is -2.05. The normalized spacial score (nSPS) is 10.8. The first-order chi connectivity index (χ1) is 12.5. The van der Waals surface area contributed by atoms with Crippen LogP contribution in [0.1, 0.15) is 38.9 Å². The third kappa shape index (κ3) is 2.83. The number of ether oxygens (including phenoxy) is 2. The first kappa shape index (κ1) is 17.7. The summed E-state index contributed by atoms with van der Waals surface area (Å²) >= 11 is 0. The second-order valence-corrected chi connectivity index (χ2v) is 5.92. The number of nitrogens with zero attached hydrogens (tertiary/aromatic N) is 2. The molecule has 0 unspecified atom stereocenters. The van der Waals surface area contributed by atoms with E-state index in [-0.39, 0.29) is 11.1 Å². The number of aromatic nitrogens is 2. The summed E-state index contributed by atoms with van der Waals surface area (Å²) in [5.41, 5.74) is 4.37. The molecule has 3 rings (SSSR count). The molecule has 0 saturated carbocycles. The predicted molar refractivity (Wildman–Crippen MR) is 97.4 cm³/mol. The minimum atomic E-state index is -0.590. The Kier molecular flexibility index (Phi) is 4.75. The molecule has 0 N–H and O–H groups in total. The van der Waals surface area contributed by atoms with Crippen molar-refractivity contribution in [3.05, 3.63) is 58.8 Å². The van der Waals surface area contributed by atoms with Crippen LogP contribution in [0.3, 0.4) is 0 Å². The summed E-state index contributed by atoms with van der Waals surface area (Å²) in [6.07, 6.45) is 0.507. The van der Waals surface area contributed by atoms with Gasteiger partial charge in [-0.1, -0.05) is 36.8 Å². The van der Waals surface area contributed by atoms with Crippen molar-refractivity contribution in [1.82, 2.24) is 9.61 Å². The molecule has 0 radical (unpaired) electrons. The summed E-state index contributed by atoms with van der Waals surface area (Å²) in [6.45, 7) is 3.92. The van der Waals surface area contributed by atoms with Gasteiger partial charge in [0, 0.05) is 5.56 Å². The maximum atomic E-state index is 12.3. The van der Waals surface area contributed by atoms with Crippen LogP contribution >= 0.6 is 0 Å². The lowest BCUT2D eigenvalue weighted by molar-refractivity contribution is 0.0557. The molecular weight excluding hydrogens is 332 g/mol. The van der Waals surface area contributed by atoms with E-state index in [1.54, 1.807) is 10.6 Å². The monoisotopic (exact) mass is 352 g/mol. The van der Waals surface area contributed by atoms with E-state index in [1.807, 2.05) is 44.2 Å². The molecule has 134 valence electrons. The number of esters is 2. The van der Waals surface area contributed by atoms with Crippen molar-refractivity contribution >= 4 is 17.5 Å². The van der Waals surface area contributed by atoms with Gasteiger partial charge in [0.05, 0.1) is 36.7 Å². The lowest BCUT2D eigenvalue weighted by Crippen LogP contribution is -2.11. The Labute approximate surface area is 151 Å². The first-order valence-electron chi connectivity index (χ1n) is 8.30. The SMILES string of the molecule is CCc1c(C(=O)OC)c(C(=O)OC)c2ccc(-c3ccc(C)cc3)nn12. The smallest absolute Gasteiger partial charge is 0.341 e. The van der Waals surface area contributed by atoms with E-state index in [9.17, 15) is 9.59 Å². The summed E-state index contributed by atoms with van der Waals surface area (Å²) in [4.78, 5) is 24.6. The van der Waals surface area contributed by atoms with Crippen LogP contribution in [-0.4, -0.2) is 35.8 Å². The third-order valence-corrected chi connectivity index (χ3v) is 4.35. The van der Waals surface area contributed by atoms with Gasteiger partial charge in [0.15, 0.2) is 0 Å². The standard InChI is InChI=1S/C20H20N2O4/c1-5-15-17(19(23)25-3)18(20(24)26-4)16-11-10-14(21-22(15)16)13-8-6-12(2)7-9-13/h6-11H,5H2,1-4H3. The van der Waals surface area contributed by atoms with Gasteiger partial charge in [0.2, 0.25) is 0 Å². The Hall–Kier alpha value is -3.15. The number of hydrogen-bond acceptors (Lipinski definition) is 5. The Morgan fingerprint density at radius 3 is 2.15 bits per heavy atom. The van der Waals surface area contributed by atoms with Gasteiger partial charge in [0.25, 0.3) is 0 Å². The molecule has 1 aromatic carbocycles. The highest BCUT2D eigenvalue weighted by Crippen LogP contribution is 2.27. The maximum absolute atomic E-state index is 12.3. The number of benzene rings is 1. The van der Waals surface area contributed by atoms with Gasteiger partial charge >= 0.3 is 11.9 Å². The average Bonchev–Trinajstić information content (AvgIpc) is 3.00. The number of hydrogen-bond donors (Lipinski definition) is 0. The molecule has 6 nitrogen and oxygen atoms in total. The minimum absolute atomic E-state index is 0.180. The molecule has 0 atom stereocenters. The number of carbonyl (C=O) groups excluding carboxylic acids is 2. The molecule has 0 saturated heterocycles. The van der Waals surface area contributed by atoms with Crippen LogP contribution in [0.15, 0.2) is 36.4 Å². The zero-order valence-corrected chi connectivity index (χ0v) is 15.2. The summed E-state index contributed by atoms with van der Waals surface area (Å²) < 4.78 is 11.4. The van der Waals surface area contributed by atoms with Gasteiger partial charge in [-0.25, -0.2) is 14.1 Å². The summed E-state index contributed by atoms with van der Waals surface area (Å²) in [5.74, 6) is -1.17. The van der Waals surface area contributed by atoms with Crippen molar-refractivity contribution in [3.63, 3.8) is 0 Å². The van der Waals surface area contributed by atoms with E-state index < -0.39 is 11.9 Å². The van der Waals surface area contributed by atoms with E-state index in [0.717, 1.165) is 16.8 Å². The Morgan fingerprint density at radius 1 is 0.962 bits per heavy atom. The van der Waals surface area contributed by atoms with Crippen LogP contribution in [0.5, 0.6) is 0 Å². The van der Waals surface area contributed by atoms with Gasteiger partial charge in [-0.05, 0) is 25.5 Å². The second kappa shape index (κ2) is 7.00. The Bertz CT molecular complexity index is 987. The van der Waals surface area contributed by atoms with E-state index >= 15 is 0 Å². The van der Waals surface area contributed by atoms with Crippen molar-refractivity contribution < 1.29 is 19.1 Å². The van der Waals surface area contributed by atoms with Crippen LogP contribution in [0.2, 0.25) is 0 Å². The fourth-order valence-corrected chi connectivity index (χ4v) is 3.03. The highest BCUT2D eigenvalue weighted by atomic mass is 16.5. The molecule has 0 amide bonds. The number of fused-ring (bicyclic) bond motifs is 1. The molecule has 2 aromatic heterocycles. The fraction of sp³-hybridized carbons (Fsp3) is 0.250. The second-order valence-electron chi connectivity index (χ2n) is 5.92. The fourth-order valence-electron chi connectivity index (χ4n) is 3.03. The molecule has 26 heavy (non-hydrogen) atoms. The molecule has 3 aromatic rings. The van der Waals surface area contributed by atoms with Crippen molar-refractivity contribution in [2.75, 3.05) is 14.2 Å². The number of methoxy groups -OCH3 is 2. The van der Waals surface area contributed by atoms with Crippen LogP contribution < -0.4 is 0 Å². The van der Waals surface area contributed by atoms with Crippen LogP contribution in [0, 0.1) is 6.92 Å². The predicted octanol–water partition coefficient (Wildman–Crippen LogP) is 3.45. The van der Waals surface area contributed by atoms with Crippen molar-refractivity contribution in [2.24, 2.45) is 0 Å². The molecule has 2 heterocycles.